The van der Waals surface area contributed by atoms with Gasteiger partial charge in [-0.1, -0.05) is 0 Å². The van der Waals surface area contributed by atoms with Gasteiger partial charge in [0.1, 0.15) is 0 Å². The van der Waals surface area contributed by atoms with Gasteiger partial charge in [0.15, 0.2) is 0 Å². The second-order valence-corrected chi connectivity index (χ2v) is 4.47. The lowest BCUT2D eigenvalue weighted by atomic mass is 10.1. The highest BCUT2D eigenvalue weighted by molar-refractivity contribution is 9.10. The lowest BCUT2D eigenvalue weighted by Crippen LogP contribution is -2.26. The summed E-state index contributed by atoms with van der Waals surface area (Å²) in [5.41, 5.74) is 1.84. The van der Waals surface area contributed by atoms with Crippen molar-refractivity contribution in [3.05, 3.63) is 15.9 Å². The van der Waals surface area contributed by atoms with Crippen LogP contribution in [0.2, 0.25) is 0 Å². The van der Waals surface area contributed by atoms with Gasteiger partial charge in [-0.25, -0.2) is 0 Å². The molecule has 1 aromatic rings. The maximum absolute atomic E-state index is 9.62. The van der Waals surface area contributed by atoms with Gasteiger partial charge in [-0.05, 0) is 36.7 Å². The molecule has 0 bridgehead atoms. The summed E-state index contributed by atoms with van der Waals surface area (Å²) in [5.74, 6) is 0. The van der Waals surface area contributed by atoms with E-state index in [1.807, 2.05) is 18.5 Å². The summed E-state index contributed by atoms with van der Waals surface area (Å²) in [6.45, 7) is 6.25. The molecule has 2 N–H and O–H groups in total. The molecule has 0 aromatic carbocycles. The number of nitrogens with zero attached hydrogens (tertiary/aromatic N) is 2. The van der Waals surface area contributed by atoms with Gasteiger partial charge in [-0.3, -0.25) is 4.68 Å². The quantitative estimate of drug-likeness (QED) is 0.871. The fourth-order valence-corrected chi connectivity index (χ4v) is 1.88. The van der Waals surface area contributed by atoms with E-state index in [0.29, 0.717) is 6.42 Å². The van der Waals surface area contributed by atoms with Crippen LogP contribution in [0.1, 0.15) is 25.2 Å². The Bertz CT molecular complexity index is 336. The van der Waals surface area contributed by atoms with Crippen LogP contribution >= 0.6 is 15.9 Å². The fraction of sp³-hybridized carbons (Fsp3) is 0.700. The minimum absolute atomic E-state index is 0.410. The molecule has 0 radical (unpaired) electrons. The fourth-order valence-electron chi connectivity index (χ4n) is 1.43. The van der Waals surface area contributed by atoms with Crippen LogP contribution in [0, 0.1) is 6.92 Å². The number of aliphatic hydroxyl groups excluding tert-OH is 2. The molecule has 0 aliphatic rings. The molecule has 0 saturated heterocycles. The number of aromatic nitrogens is 2. The van der Waals surface area contributed by atoms with Crippen LogP contribution in [-0.2, 0) is 13.0 Å². The molecule has 0 amide bonds. The molecule has 1 heterocycles. The smallest absolute Gasteiger partial charge is 0.0851 e. The first-order valence-electron chi connectivity index (χ1n) is 5.05. The first kappa shape index (κ1) is 12.7. The predicted molar refractivity (Wildman–Crippen MR) is 61.7 cm³/mol. The zero-order valence-corrected chi connectivity index (χ0v) is 10.8. The molecule has 15 heavy (non-hydrogen) atoms. The van der Waals surface area contributed by atoms with Gasteiger partial charge < -0.3 is 10.2 Å². The Morgan fingerprint density at radius 1 is 1.47 bits per heavy atom. The highest BCUT2D eigenvalue weighted by Gasteiger charge is 2.18. The van der Waals surface area contributed by atoms with Crippen LogP contribution in [0.4, 0.5) is 0 Å². The third-order valence-electron chi connectivity index (χ3n) is 2.41. The number of rotatable bonds is 4. The zero-order valence-electron chi connectivity index (χ0n) is 9.24. The summed E-state index contributed by atoms with van der Waals surface area (Å²) in [6, 6.07) is 0. The Morgan fingerprint density at radius 2 is 2.07 bits per heavy atom. The van der Waals surface area contributed by atoms with Crippen LogP contribution < -0.4 is 0 Å². The number of hydrogen-bond acceptors (Lipinski definition) is 3. The SMILES string of the molecule is CCn1nc(C)c(Br)c1CC(O)C(C)O. The third kappa shape index (κ3) is 2.80. The largest absolute Gasteiger partial charge is 0.391 e. The van der Waals surface area contributed by atoms with Gasteiger partial charge in [0.05, 0.1) is 28.1 Å². The summed E-state index contributed by atoms with van der Waals surface area (Å²) < 4.78 is 2.76. The Hall–Kier alpha value is -0.390. The van der Waals surface area contributed by atoms with E-state index >= 15 is 0 Å². The average Bonchev–Trinajstić information content (AvgIpc) is 2.45. The lowest BCUT2D eigenvalue weighted by Gasteiger charge is -2.14. The Morgan fingerprint density at radius 3 is 2.53 bits per heavy atom. The molecule has 86 valence electrons. The molecule has 1 rings (SSSR count). The van der Waals surface area contributed by atoms with E-state index in [1.54, 1.807) is 6.92 Å². The van der Waals surface area contributed by atoms with Crippen LogP contribution in [-0.4, -0.2) is 32.2 Å². The molecule has 0 aliphatic heterocycles. The summed E-state index contributed by atoms with van der Waals surface area (Å²) in [5, 5.41) is 23.2. The zero-order chi connectivity index (χ0) is 11.6. The van der Waals surface area contributed by atoms with E-state index in [1.165, 1.54) is 0 Å². The van der Waals surface area contributed by atoms with Gasteiger partial charge in [-0.15, -0.1) is 0 Å². The number of aryl methyl sites for hydroxylation is 2. The van der Waals surface area contributed by atoms with Crippen molar-refractivity contribution < 1.29 is 10.2 Å². The minimum atomic E-state index is -0.748. The van der Waals surface area contributed by atoms with E-state index in [2.05, 4.69) is 21.0 Å². The third-order valence-corrected chi connectivity index (χ3v) is 3.44. The summed E-state index contributed by atoms with van der Waals surface area (Å²) in [6.07, 6.45) is -1.06. The molecule has 5 heteroatoms. The van der Waals surface area contributed by atoms with Crippen LogP contribution in [0.3, 0.4) is 0 Å². The number of aliphatic hydroxyl groups is 2. The molecule has 4 nitrogen and oxygen atoms in total. The van der Waals surface area contributed by atoms with Crippen molar-refractivity contribution in [3.8, 4) is 0 Å². The Labute approximate surface area is 98.0 Å². The van der Waals surface area contributed by atoms with Crippen LogP contribution in [0.15, 0.2) is 4.47 Å². The second kappa shape index (κ2) is 5.09. The molecule has 0 fully saturated rings. The molecule has 2 unspecified atom stereocenters. The van der Waals surface area contributed by atoms with E-state index in [0.717, 1.165) is 22.4 Å². The molecule has 0 saturated carbocycles. The molecular formula is C10H17BrN2O2. The van der Waals surface area contributed by atoms with E-state index < -0.39 is 12.2 Å². The van der Waals surface area contributed by atoms with E-state index in [9.17, 15) is 10.2 Å². The second-order valence-electron chi connectivity index (χ2n) is 3.67. The first-order chi connectivity index (χ1) is 6.97. The van der Waals surface area contributed by atoms with Crippen molar-refractivity contribution >= 4 is 15.9 Å². The van der Waals surface area contributed by atoms with Crippen molar-refractivity contribution in [2.24, 2.45) is 0 Å². The van der Waals surface area contributed by atoms with Gasteiger partial charge in [-0.2, -0.15) is 5.10 Å². The Balaban J connectivity index is 2.92. The molecule has 2 atom stereocenters. The van der Waals surface area contributed by atoms with Gasteiger partial charge >= 0.3 is 0 Å². The van der Waals surface area contributed by atoms with Crippen molar-refractivity contribution in [3.63, 3.8) is 0 Å². The van der Waals surface area contributed by atoms with Crippen LogP contribution in [0.25, 0.3) is 0 Å². The molecular weight excluding hydrogens is 260 g/mol. The minimum Gasteiger partial charge on any atom is -0.391 e. The maximum Gasteiger partial charge on any atom is 0.0851 e. The van der Waals surface area contributed by atoms with Gasteiger partial charge in [0, 0.05) is 13.0 Å². The highest BCUT2D eigenvalue weighted by Crippen LogP contribution is 2.22. The van der Waals surface area contributed by atoms with Crippen molar-refractivity contribution in [1.29, 1.82) is 0 Å². The van der Waals surface area contributed by atoms with Gasteiger partial charge in [0.25, 0.3) is 0 Å². The normalized spacial score (nSPS) is 15.3. The predicted octanol–water partition coefficient (Wildman–Crippen LogP) is 1.26. The van der Waals surface area contributed by atoms with E-state index in [4.69, 9.17) is 0 Å². The standard InChI is InChI=1S/C10H17BrN2O2/c1-4-13-8(5-9(15)7(3)14)10(11)6(2)12-13/h7,9,14-15H,4-5H2,1-3H3. The number of halogens is 1. The van der Waals surface area contributed by atoms with Crippen LogP contribution in [0.5, 0.6) is 0 Å². The topological polar surface area (TPSA) is 58.3 Å². The Kier molecular flexibility index (Phi) is 4.31. The first-order valence-corrected chi connectivity index (χ1v) is 5.84. The monoisotopic (exact) mass is 276 g/mol. The molecule has 0 spiro atoms. The molecule has 0 aliphatic carbocycles. The number of hydrogen-bond donors (Lipinski definition) is 2. The average molecular weight is 277 g/mol. The van der Waals surface area contributed by atoms with Crippen molar-refractivity contribution in [1.82, 2.24) is 9.78 Å². The van der Waals surface area contributed by atoms with Gasteiger partial charge in [0.2, 0.25) is 0 Å². The molecule has 1 aromatic heterocycles. The van der Waals surface area contributed by atoms with E-state index in [-0.39, 0.29) is 0 Å². The van der Waals surface area contributed by atoms with Crippen molar-refractivity contribution in [2.75, 3.05) is 0 Å². The summed E-state index contributed by atoms with van der Waals surface area (Å²) in [7, 11) is 0. The lowest BCUT2D eigenvalue weighted by molar-refractivity contribution is 0.0306. The maximum atomic E-state index is 9.62. The van der Waals surface area contributed by atoms with Crippen molar-refractivity contribution in [2.45, 2.75) is 45.9 Å². The summed E-state index contributed by atoms with van der Waals surface area (Å²) >= 11 is 3.44. The summed E-state index contributed by atoms with van der Waals surface area (Å²) in [4.78, 5) is 0. The highest BCUT2D eigenvalue weighted by atomic mass is 79.9.